The van der Waals surface area contributed by atoms with E-state index in [1.807, 2.05) is 13.8 Å². The Balaban J connectivity index is 2.40. The van der Waals surface area contributed by atoms with E-state index in [1.54, 1.807) is 0 Å². The molecule has 0 saturated heterocycles. The molecule has 0 spiro atoms. The molecular formula is C20H26O3. The van der Waals surface area contributed by atoms with Crippen molar-refractivity contribution in [1.29, 1.82) is 0 Å². The predicted molar refractivity (Wildman–Crippen MR) is 92.2 cm³/mol. The van der Waals surface area contributed by atoms with E-state index in [2.05, 4.69) is 26.8 Å². The van der Waals surface area contributed by atoms with Gasteiger partial charge in [0.05, 0.1) is 0 Å². The minimum Gasteiger partial charge on any atom is -0.504 e. The summed E-state index contributed by atoms with van der Waals surface area (Å²) in [6.07, 6.45) is 6.04. The van der Waals surface area contributed by atoms with Gasteiger partial charge in [-0.05, 0) is 29.7 Å². The molecule has 2 aliphatic rings. The van der Waals surface area contributed by atoms with Crippen LogP contribution in [0.25, 0.3) is 6.08 Å². The Kier molecular flexibility index (Phi) is 3.40. The minimum atomic E-state index is -0.300. The van der Waals surface area contributed by atoms with Crippen molar-refractivity contribution in [2.45, 2.75) is 65.2 Å². The topological polar surface area (TPSA) is 57.5 Å². The van der Waals surface area contributed by atoms with Crippen LogP contribution in [0, 0.1) is 5.41 Å². The van der Waals surface area contributed by atoms with E-state index < -0.39 is 0 Å². The monoisotopic (exact) mass is 314 g/mol. The molecule has 1 fully saturated rings. The van der Waals surface area contributed by atoms with Crippen molar-refractivity contribution in [3.05, 3.63) is 27.8 Å². The molecule has 0 aliphatic heterocycles. The summed E-state index contributed by atoms with van der Waals surface area (Å²) < 4.78 is 0. The Morgan fingerprint density at radius 3 is 2.35 bits per heavy atom. The highest BCUT2D eigenvalue weighted by Crippen LogP contribution is 2.61. The summed E-state index contributed by atoms with van der Waals surface area (Å²) >= 11 is 0. The number of aldehydes is 1. The molecule has 1 aromatic carbocycles. The van der Waals surface area contributed by atoms with Crippen LogP contribution in [0.2, 0.25) is 0 Å². The van der Waals surface area contributed by atoms with E-state index in [0.29, 0.717) is 11.1 Å². The Labute approximate surface area is 138 Å². The van der Waals surface area contributed by atoms with E-state index in [9.17, 15) is 15.0 Å². The summed E-state index contributed by atoms with van der Waals surface area (Å²) in [5.41, 5.74) is 3.64. The zero-order valence-electron chi connectivity index (χ0n) is 14.7. The first kappa shape index (κ1) is 16.1. The quantitative estimate of drug-likeness (QED) is 0.603. The van der Waals surface area contributed by atoms with Crippen LogP contribution in [-0.4, -0.2) is 16.5 Å². The maximum atomic E-state index is 11.8. The molecule has 2 N–H and O–H groups in total. The van der Waals surface area contributed by atoms with Gasteiger partial charge in [-0.25, -0.2) is 0 Å². The molecule has 1 aromatic rings. The highest BCUT2D eigenvalue weighted by atomic mass is 16.3. The zero-order chi connectivity index (χ0) is 17.2. The number of allylic oxidation sites excluding steroid dienone is 1. The van der Waals surface area contributed by atoms with E-state index >= 15 is 0 Å². The average Bonchev–Trinajstić information content (AvgIpc) is 2.76. The number of carbonyl (C=O) groups is 1. The molecule has 0 heterocycles. The molecule has 0 unspecified atom stereocenters. The van der Waals surface area contributed by atoms with Crippen molar-refractivity contribution in [2.75, 3.05) is 0 Å². The lowest BCUT2D eigenvalue weighted by Crippen LogP contribution is -2.35. The second-order valence-electron chi connectivity index (χ2n) is 8.21. The average molecular weight is 314 g/mol. The van der Waals surface area contributed by atoms with Crippen LogP contribution in [0.4, 0.5) is 0 Å². The second-order valence-corrected chi connectivity index (χ2v) is 8.21. The van der Waals surface area contributed by atoms with Crippen molar-refractivity contribution in [2.24, 2.45) is 5.41 Å². The number of benzene rings is 1. The van der Waals surface area contributed by atoms with E-state index in [-0.39, 0.29) is 28.2 Å². The molecule has 0 amide bonds. The number of hydrogen-bond donors (Lipinski definition) is 2. The molecule has 0 aromatic heterocycles. The second kappa shape index (κ2) is 4.86. The molecule has 3 heteroatoms. The molecule has 3 rings (SSSR count). The van der Waals surface area contributed by atoms with Crippen molar-refractivity contribution in [3.8, 4) is 11.5 Å². The van der Waals surface area contributed by atoms with Gasteiger partial charge in [-0.1, -0.05) is 52.7 Å². The molecule has 1 atom stereocenters. The van der Waals surface area contributed by atoms with Crippen LogP contribution in [0.3, 0.4) is 0 Å². The highest BCUT2D eigenvalue weighted by Gasteiger charge is 2.49. The van der Waals surface area contributed by atoms with Gasteiger partial charge < -0.3 is 10.2 Å². The van der Waals surface area contributed by atoms with Crippen LogP contribution >= 0.6 is 0 Å². The lowest BCUT2D eigenvalue weighted by molar-refractivity contribution is 0.112. The van der Waals surface area contributed by atoms with Gasteiger partial charge in [-0.3, -0.25) is 4.79 Å². The van der Waals surface area contributed by atoms with Gasteiger partial charge >= 0.3 is 0 Å². The number of aromatic hydroxyl groups is 2. The predicted octanol–water partition coefficient (Wildman–Crippen LogP) is 4.90. The zero-order valence-corrected chi connectivity index (χ0v) is 14.7. The van der Waals surface area contributed by atoms with Crippen molar-refractivity contribution < 1.29 is 15.0 Å². The molecule has 0 radical (unpaired) electrons. The molecule has 3 nitrogen and oxygen atoms in total. The number of hydrogen-bond acceptors (Lipinski definition) is 3. The lowest BCUT2D eigenvalue weighted by Gasteiger charge is -2.44. The molecule has 1 saturated carbocycles. The number of phenols is 2. The Morgan fingerprint density at radius 2 is 1.78 bits per heavy atom. The number of phenolic OH excluding ortho intramolecular Hbond substituents is 2. The SMILES string of the molecule is CC(C)c1c(O)c(O)c2c(c1C=O)C=C1C(C)(C)CCC[C@]12C. The fourth-order valence-electron chi connectivity index (χ4n) is 4.86. The molecular weight excluding hydrogens is 288 g/mol. The van der Waals surface area contributed by atoms with Crippen LogP contribution in [0.1, 0.15) is 86.8 Å². The lowest BCUT2D eigenvalue weighted by atomic mass is 9.60. The number of rotatable bonds is 2. The van der Waals surface area contributed by atoms with E-state index in [1.165, 1.54) is 5.57 Å². The van der Waals surface area contributed by atoms with Gasteiger partial charge in [0.25, 0.3) is 0 Å². The van der Waals surface area contributed by atoms with Gasteiger partial charge in [0.15, 0.2) is 17.8 Å². The summed E-state index contributed by atoms with van der Waals surface area (Å²) in [6, 6.07) is 0. The first-order valence-corrected chi connectivity index (χ1v) is 8.45. The third-order valence-electron chi connectivity index (χ3n) is 5.90. The minimum absolute atomic E-state index is 0.0340. The number of fused-ring (bicyclic) bond motifs is 3. The van der Waals surface area contributed by atoms with E-state index in [0.717, 1.165) is 36.7 Å². The first-order valence-electron chi connectivity index (χ1n) is 8.45. The fourth-order valence-corrected chi connectivity index (χ4v) is 4.86. The summed E-state index contributed by atoms with van der Waals surface area (Å²) in [5.74, 6) is -0.200. The maximum Gasteiger partial charge on any atom is 0.162 e. The molecule has 124 valence electrons. The van der Waals surface area contributed by atoms with Gasteiger partial charge in [0.1, 0.15) is 0 Å². The molecule has 23 heavy (non-hydrogen) atoms. The van der Waals surface area contributed by atoms with Crippen molar-refractivity contribution >= 4 is 12.4 Å². The Morgan fingerprint density at radius 1 is 1.13 bits per heavy atom. The summed E-state index contributed by atoms with van der Waals surface area (Å²) in [4.78, 5) is 11.8. The van der Waals surface area contributed by atoms with Crippen LogP contribution in [0.15, 0.2) is 5.57 Å². The van der Waals surface area contributed by atoms with Crippen molar-refractivity contribution in [3.63, 3.8) is 0 Å². The summed E-state index contributed by atoms with van der Waals surface area (Å²) in [5, 5.41) is 21.3. The summed E-state index contributed by atoms with van der Waals surface area (Å²) in [6.45, 7) is 10.4. The third kappa shape index (κ3) is 1.98. The van der Waals surface area contributed by atoms with Gasteiger partial charge in [-0.15, -0.1) is 0 Å². The van der Waals surface area contributed by atoms with Gasteiger partial charge in [-0.2, -0.15) is 0 Å². The smallest absolute Gasteiger partial charge is 0.162 e. The normalized spacial score (nSPS) is 25.0. The molecule has 2 aliphatic carbocycles. The third-order valence-corrected chi connectivity index (χ3v) is 5.90. The summed E-state index contributed by atoms with van der Waals surface area (Å²) in [7, 11) is 0. The fraction of sp³-hybridized carbons (Fsp3) is 0.550. The van der Waals surface area contributed by atoms with Crippen LogP contribution in [-0.2, 0) is 5.41 Å². The Bertz CT molecular complexity index is 725. The maximum absolute atomic E-state index is 11.8. The highest BCUT2D eigenvalue weighted by molar-refractivity contribution is 5.92. The van der Waals surface area contributed by atoms with Crippen LogP contribution in [0.5, 0.6) is 11.5 Å². The van der Waals surface area contributed by atoms with Crippen molar-refractivity contribution in [1.82, 2.24) is 0 Å². The van der Waals surface area contributed by atoms with E-state index in [4.69, 9.17) is 0 Å². The number of carbonyl (C=O) groups excluding carboxylic acids is 1. The largest absolute Gasteiger partial charge is 0.504 e. The standard InChI is InChI=1S/C20H26O3/c1-11(2)15-13(10-21)12-9-14-19(3,4)7-6-8-20(14,5)16(12)18(23)17(15)22/h9-11,22-23H,6-8H2,1-5H3/t20-/m1/s1. The van der Waals surface area contributed by atoms with Crippen LogP contribution < -0.4 is 0 Å². The Hall–Kier alpha value is -1.77. The molecule has 0 bridgehead atoms. The van der Waals surface area contributed by atoms with Gasteiger partial charge in [0.2, 0.25) is 0 Å². The van der Waals surface area contributed by atoms with Gasteiger partial charge in [0, 0.05) is 22.1 Å². The first-order chi connectivity index (χ1) is 10.6.